The molecule has 0 spiro atoms. The van der Waals surface area contributed by atoms with Crippen molar-refractivity contribution >= 4 is 5.97 Å². The van der Waals surface area contributed by atoms with Crippen LogP contribution in [0.5, 0.6) is 0 Å². The smallest absolute Gasteiger partial charge is 0.333 e. The second-order valence-corrected chi connectivity index (χ2v) is 5.85. The predicted molar refractivity (Wildman–Crippen MR) is 73.2 cm³/mol. The molecule has 0 N–H and O–H groups in total. The van der Waals surface area contributed by atoms with Gasteiger partial charge in [0.05, 0.1) is 7.11 Å². The Bertz CT molecular complexity index is 294. The number of hydrogen-bond acceptors (Lipinski definition) is 2. The van der Waals surface area contributed by atoms with Crippen LogP contribution in [0.2, 0.25) is 0 Å². The molecule has 0 aromatic heterocycles. The number of ether oxygens (including phenoxy) is 1. The van der Waals surface area contributed by atoms with Gasteiger partial charge in [-0.2, -0.15) is 0 Å². The number of esters is 1. The van der Waals surface area contributed by atoms with Crippen LogP contribution in [-0.4, -0.2) is 13.1 Å². The van der Waals surface area contributed by atoms with Crippen LogP contribution in [0.15, 0.2) is 11.6 Å². The van der Waals surface area contributed by atoms with Crippen molar-refractivity contribution in [3.8, 4) is 0 Å². The Hall–Kier alpha value is -0.790. The molecule has 2 nitrogen and oxygen atoms in total. The van der Waals surface area contributed by atoms with Crippen molar-refractivity contribution in [1.82, 2.24) is 0 Å². The average Bonchev–Trinajstić information content (AvgIpc) is 2.46. The third-order valence-corrected chi connectivity index (χ3v) is 4.53. The van der Waals surface area contributed by atoms with Gasteiger partial charge in [-0.3, -0.25) is 0 Å². The van der Waals surface area contributed by atoms with Gasteiger partial charge in [-0.25, -0.2) is 4.79 Å². The highest BCUT2D eigenvalue weighted by molar-refractivity contribution is 5.89. The first-order chi connectivity index (χ1) is 8.81. The molecule has 18 heavy (non-hydrogen) atoms. The summed E-state index contributed by atoms with van der Waals surface area (Å²) in [6.45, 7) is 0. The van der Waals surface area contributed by atoms with Crippen molar-refractivity contribution in [2.45, 2.75) is 64.2 Å². The molecule has 0 aliphatic heterocycles. The van der Waals surface area contributed by atoms with E-state index in [1.807, 2.05) is 0 Å². The maximum Gasteiger partial charge on any atom is 0.333 e. The summed E-state index contributed by atoms with van der Waals surface area (Å²) < 4.78 is 5.00. The van der Waals surface area contributed by atoms with E-state index in [1.165, 1.54) is 71.3 Å². The molecule has 102 valence electrons. The molecule has 0 radical (unpaired) electrons. The number of carbonyl (C=O) groups is 1. The minimum Gasteiger partial charge on any atom is -0.466 e. The summed E-state index contributed by atoms with van der Waals surface area (Å²) in [5, 5.41) is 0. The summed E-state index contributed by atoms with van der Waals surface area (Å²) in [7, 11) is 1.51. The van der Waals surface area contributed by atoms with Gasteiger partial charge >= 0.3 is 5.97 Å². The van der Waals surface area contributed by atoms with Crippen molar-refractivity contribution in [1.29, 1.82) is 0 Å². The molecule has 2 heteroatoms. The van der Waals surface area contributed by atoms with E-state index in [9.17, 15) is 4.79 Å². The topological polar surface area (TPSA) is 26.3 Å². The second kappa shape index (κ2) is 6.96. The van der Waals surface area contributed by atoms with Crippen molar-refractivity contribution in [2.24, 2.45) is 11.8 Å². The van der Waals surface area contributed by atoms with Gasteiger partial charge in [0.2, 0.25) is 0 Å². The number of carbonyl (C=O) groups excluding carboxylic acids is 1. The highest BCUT2D eigenvalue weighted by atomic mass is 16.5. The van der Waals surface area contributed by atoms with Crippen molar-refractivity contribution in [2.75, 3.05) is 7.11 Å². The SMILES string of the molecule is COC(=O)C(=CC1CCCCC1)C1CCCCC1. The second-order valence-electron chi connectivity index (χ2n) is 5.85. The predicted octanol–water partition coefficient (Wildman–Crippen LogP) is 4.25. The van der Waals surface area contributed by atoms with E-state index in [1.54, 1.807) is 0 Å². The maximum absolute atomic E-state index is 12.0. The molecule has 0 saturated heterocycles. The molecule has 2 aliphatic rings. The van der Waals surface area contributed by atoms with Gasteiger partial charge in [-0.15, -0.1) is 0 Å². The number of methoxy groups -OCH3 is 1. The van der Waals surface area contributed by atoms with Crippen LogP contribution in [0.4, 0.5) is 0 Å². The summed E-state index contributed by atoms with van der Waals surface area (Å²) in [5.74, 6) is 1.01. The molecule has 2 saturated carbocycles. The lowest BCUT2D eigenvalue weighted by molar-refractivity contribution is -0.136. The average molecular weight is 250 g/mol. The Balaban J connectivity index is 2.07. The van der Waals surface area contributed by atoms with E-state index in [0.29, 0.717) is 11.8 Å². The Labute approximate surface area is 111 Å². The molecule has 2 aliphatic carbocycles. The van der Waals surface area contributed by atoms with E-state index in [-0.39, 0.29) is 5.97 Å². The fourth-order valence-electron chi connectivity index (χ4n) is 3.46. The highest BCUT2D eigenvalue weighted by Crippen LogP contribution is 2.33. The quantitative estimate of drug-likeness (QED) is 0.553. The van der Waals surface area contributed by atoms with Crippen molar-refractivity contribution in [3.63, 3.8) is 0 Å². The molecule has 0 bridgehead atoms. The normalized spacial score (nSPS) is 23.9. The largest absolute Gasteiger partial charge is 0.466 e. The standard InChI is InChI=1S/C16H26O2/c1-18-16(17)15(14-10-6-3-7-11-14)12-13-8-4-2-5-9-13/h12-14H,2-11H2,1H3. The minimum absolute atomic E-state index is 0.0764. The van der Waals surface area contributed by atoms with Crippen LogP contribution in [0.3, 0.4) is 0 Å². The van der Waals surface area contributed by atoms with Crippen molar-refractivity contribution in [3.05, 3.63) is 11.6 Å². The number of hydrogen-bond donors (Lipinski definition) is 0. The first-order valence-corrected chi connectivity index (χ1v) is 7.61. The Morgan fingerprint density at radius 2 is 1.50 bits per heavy atom. The molecule has 0 amide bonds. The molecule has 0 heterocycles. The highest BCUT2D eigenvalue weighted by Gasteiger charge is 2.25. The summed E-state index contributed by atoms with van der Waals surface area (Å²) in [6.07, 6.45) is 15.0. The zero-order valence-corrected chi connectivity index (χ0v) is 11.6. The van der Waals surface area contributed by atoms with Gasteiger partial charge in [-0.05, 0) is 37.5 Å². The van der Waals surface area contributed by atoms with E-state index in [4.69, 9.17) is 4.74 Å². The van der Waals surface area contributed by atoms with Gasteiger partial charge in [0.1, 0.15) is 0 Å². The third kappa shape index (κ3) is 3.60. The van der Waals surface area contributed by atoms with E-state index < -0.39 is 0 Å². The summed E-state index contributed by atoms with van der Waals surface area (Å²) in [4.78, 5) is 12.0. The number of allylic oxidation sites excluding steroid dienone is 1. The van der Waals surface area contributed by atoms with Crippen LogP contribution in [-0.2, 0) is 9.53 Å². The van der Waals surface area contributed by atoms with Gasteiger partial charge < -0.3 is 4.74 Å². The van der Waals surface area contributed by atoms with Crippen LogP contribution >= 0.6 is 0 Å². The fraction of sp³-hybridized carbons (Fsp3) is 0.812. The van der Waals surface area contributed by atoms with Crippen LogP contribution in [0.25, 0.3) is 0 Å². The first-order valence-electron chi connectivity index (χ1n) is 7.61. The number of rotatable bonds is 3. The van der Waals surface area contributed by atoms with E-state index >= 15 is 0 Å². The summed E-state index contributed by atoms with van der Waals surface area (Å²) >= 11 is 0. The molecule has 0 atom stereocenters. The zero-order chi connectivity index (χ0) is 12.8. The van der Waals surface area contributed by atoms with E-state index in [2.05, 4.69) is 6.08 Å². The Kier molecular flexibility index (Phi) is 5.27. The fourth-order valence-corrected chi connectivity index (χ4v) is 3.46. The Morgan fingerprint density at radius 1 is 0.944 bits per heavy atom. The van der Waals surface area contributed by atoms with Crippen LogP contribution < -0.4 is 0 Å². The van der Waals surface area contributed by atoms with E-state index in [0.717, 1.165) is 5.57 Å². The molecule has 0 aromatic carbocycles. The van der Waals surface area contributed by atoms with Crippen LogP contribution in [0.1, 0.15) is 64.2 Å². The third-order valence-electron chi connectivity index (χ3n) is 4.53. The lowest BCUT2D eigenvalue weighted by atomic mass is 9.80. The monoisotopic (exact) mass is 250 g/mol. The lowest BCUT2D eigenvalue weighted by Gasteiger charge is -2.25. The zero-order valence-electron chi connectivity index (χ0n) is 11.6. The van der Waals surface area contributed by atoms with Gasteiger partial charge in [0.15, 0.2) is 0 Å². The summed E-state index contributed by atoms with van der Waals surface area (Å²) in [5.41, 5.74) is 0.990. The molecular weight excluding hydrogens is 224 g/mol. The van der Waals surface area contributed by atoms with Gasteiger partial charge in [0, 0.05) is 5.57 Å². The minimum atomic E-state index is -0.0764. The first kappa shape index (κ1) is 13.6. The van der Waals surface area contributed by atoms with Crippen LogP contribution in [0, 0.1) is 11.8 Å². The van der Waals surface area contributed by atoms with Gasteiger partial charge in [-0.1, -0.05) is 44.6 Å². The molecule has 0 unspecified atom stereocenters. The molecule has 0 aromatic rings. The van der Waals surface area contributed by atoms with Crippen molar-refractivity contribution < 1.29 is 9.53 Å². The van der Waals surface area contributed by atoms with Gasteiger partial charge in [0.25, 0.3) is 0 Å². The maximum atomic E-state index is 12.0. The lowest BCUT2D eigenvalue weighted by Crippen LogP contribution is -2.19. The summed E-state index contributed by atoms with van der Waals surface area (Å²) in [6, 6.07) is 0. The molecular formula is C16H26O2. The molecule has 2 rings (SSSR count). The Morgan fingerprint density at radius 3 is 2.06 bits per heavy atom. The molecule has 2 fully saturated rings.